The van der Waals surface area contributed by atoms with Crippen LogP contribution in [-0.4, -0.2) is 28.8 Å². The second kappa shape index (κ2) is 11.3. The lowest BCUT2D eigenvalue weighted by Gasteiger charge is -2.20. The first-order chi connectivity index (χ1) is 17.4. The molecule has 0 radical (unpaired) electrons. The predicted molar refractivity (Wildman–Crippen MR) is 131 cm³/mol. The summed E-state index contributed by atoms with van der Waals surface area (Å²) in [7, 11) is 0. The summed E-state index contributed by atoms with van der Waals surface area (Å²) in [6.45, 7) is 3.66. The number of amides is 1. The summed E-state index contributed by atoms with van der Waals surface area (Å²) in [5.41, 5.74) is 2.80. The molecule has 0 unspecified atom stereocenters. The van der Waals surface area contributed by atoms with Gasteiger partial charge in [-0.05, 0) is 55.3 Å². The number of halogens is 1. The van der Waals surface area contributed by atoms with Gasteiger partial charge in [-0.2, -0.15) is 0 Å². The maximum atomic E-state index is 13.8. The number of aldehydes is 1. The van der Waals surface area contributed by atoms with Crippen LogP contribution in [0.3, 0.4) is 0 Å². The summed E-state index contributed by atoms with van der Waals surface area (Å²) in [6.07, 6.45) is -0.139. The van der Waals surface area contributed by atoms with E-state index in [2.05, 4.69) is 4.98 Å². The molecule has 36 heavy (non-hydrogen) atoms. The highest BCUT2D eigenvalue weighted by Crippen LogP contribution is 2.23. The maximum absolute atomic E-state index is 13.8. The molecule has 0 N–H and O–H groups in total. The molecule has 0 atom stereocenters. The number of aromatic nitrogens is 1. The Labute approximate surface area is 208 Å². The summed E-state index contributed by atoms with van der Waals surface area (Å²) in [4.78, 5) is 29.4. The van der Waals surface area contributed by atoms with E-state index >= 15 is 0 Å². The van der Waals surface area contributed by atoms with E-state index in [4.69, 9.17) is 13.9 Å². The number of ether oxygens (including phenoxy) is 2. The van der Waals surface area contributed by atoms with Gasteiger partial charge in [-0.15, -0.1) is 0 Å². The lowest BCUT2D eigenvalue weighted by atomic mass is 10.2. The van der Waals surface area contributed by atoms with Crippen molar-refractivity contribution in [2.45, 2.75) is 27.0 Å². The topological polar surface area (TPSA) is 81.9 Å². The molecule has 3 aromatic carbocycles. The van der Waals surface area contributed by atoms with Crippen molar-refractivity contribution < 1.29 is 27.9 Å². The van der Waals surface area contributed by atoms with Gasteiger partial charge in [-0.1, -0.05) is 36.4 Å². The Morgan fingerprint density at radius 1 is 1.03 bits per heavy atom. The van der Waals surface area contributed by atoms with E-state index in [1.165, 1.54) is 17.0 Å². The van der Waals surface area contributed by atoms with Crippen LogP contribution >= 0.6 is 0 Å². The lowest BCUT2D eigenvalue weighted by Crippen LogP contribution is -2.34. The van der Waals surface area contributed by atoms with Crippen molar-refractivity contribution in [2.75, 3.05) is 6.54 Å². The number of rotatable bonds is 9. The monoisotopic (exact) mass is 488 g/mol. The van der Waals surface area contributed by atoms with Crippen LogP contribution in [0.1, 0.15) is 22.6 Å². The molecule has 0 aliphatic rings. The molecule has 0 bridgehead atoms. The highest BCUT2D eigenvalue weighted by Gasteiger charge is 2.17. The van der Waals surface area contributed by atoms with E-state index in [9.17, 15) is 14.0 Å². The van der Waals surface area contributed by atoms with Gasteiger partial charge in [0, 0.05) is 18.2 Å². The zero-order valence-corrected chi connectivity index (χ0v) is 19.9. The van der Waals surface area contributed by atoms with Crippen LogP contribution in [0.25, 0.3) is 11.5 Å². The SMILES string of the molecule is Cc1ccc(OC(=O)N(CC=O)Cc2ccc(OCc3nc(-c4ccccc4)oc3C)cc2)cc1F. The number of aryl methyl sites for hydroxylation is 2. The second-order valence-electron chi connectivity index (χ2n) is 8.15. The van der Waals surface area contributed by atoms with Crippen LogP contribution in [0, 0.1) is 19.7 Å². The fourth-order valence-electron chi connectivity index (χ4n) is 3.43. The molecule has 184 valence electrons. The number of carbonyl (C=O) groups is 2. The van der Waals surface area contributed by atoms with Gasteiger partial charge in [0.2, 0.25) is 5.89 Å². The number of hydrogen-bond donors (Lipinski definition) is 0. The van der Waals surface area contributed by atoms with E-state index in [0.29, 0.717) is 34.9 Å². The minimum Gasteiger partial charge on any atom is -0.487 e. The van der Waals surface area contributed by atoms with Gasteiger partial charge in [0.1, 0.15) is 41.7 Å². The minimum atomic E-state index is -0.749. The van der Waals surface area contributed by atoms with E-state index in [1.807, 2.05) is 37.3 Å². The third-order valence-corrected chi connectivity index (χ3v) is 5.49. The van der Waals surface area contributed by atoms with Crippen molar-refractivity contribution in [2.24, 2.45) is 0 Å². The molecule has 8 heteroatoms. The number of hydrogen-bond acceptors (Lipinski definition) is 6. The van der Waals surface area contributed by atoms with Crippen LogP contribution < -0.4 is 9.47 Å². The normalized spacial score (nSPS) is 10.6. The van der Waals surface area contributed by atoms with Gasteiger partial charge in [-0.3, -0.25) is 4.90 Å². The number of oxazole rings is 1. The first kappa shape index (κ1) is 24.7. The molecule has 1 heterocycles. The third kappa shape index (κ3) is 6.15. The summed E-state index contributed by atoms with van der Waals surface area (Å²) >= 11 is 0. The van der Waals surface area contributed by atoms with Crippen molar-refractivity contribution in [1.29, 1.82) is 0 Å². The van der Waals surface area contributed by atoms with Crippen LogP contribution in [0.5, 0.6) is 11.5 Å². The quantitative estimate of drug-likeness (QED) is 0.274. The van der Waals surface area contributed by atoms with Gasteiger partial charge < -0.3 is 18.7 Å². The number of nitrogens with zero attached hydrogens (tertiary/aromatic N) is 2. The van der Waals surface area contributed by atoms with Gasteiger partial charge in [0.15, 0.2) is 0 Å². The Morgan fingerprint density at radius 3 is 2.44 bits per heavy atom. The zero-order valence-electron chi connectivity index (χ0n) is 19.9. The first-order valence-corrected chi connectivity index (χ1v) is 11.3. The molecule has 0 spiro atoms. The van der Waals surface area contributed by atoms with E-state index in [1.54, 1.807) is 31.2 Å². The predicted octanol–water partition coefficient (Wildman–Crippen LogP) is 5.88. The fraction of sp³-hybridized carbons (Fsp3) is 0.179. The van der Waals surface area contributed by atoms with Gasteiger partial charge in [0.25, 0.3) is 0 Å². The fourth-order valence-corrected chi connectivity index (χ4v) is 3.43. The van der Waals surface area contributed by atoms with E-state index in [0.717, 1.165) is 17.2 Å². The first-order valence-electron chi connectivity index (χ1n) is 11.3. The standard InChI is InChI=1S/C28H25FN2O5/c1-19-8-11-24(16-25(19)29)36-28(33)31(14-15-32)17-21-9-12-23(13-10-21)34-18-26-20(2)35-27(30-26)22-6-4-3-5-7-22/h3-13,15-16H,14,17-18H2,1-2H3. The molecule has 1 amide bonds. The highest BCUT2D eigenvalue weighted by molar-refractivity contribution is 5.73. The molecule has 1 aromatic heterocycles. The lowest BCUT2D eigenvalue weighted by molar-refractivity contribution is -0.108. The van der Waals surface area contributed by atoms with Crippen LogP contribution in [0.2, 0.25) is 0 Å². The Bertz CT molecular complexity index is 1340. The Hall–Kier alpha value is -4.46. The van der Waals surface area contributed by atoms with Crippen molar-refractivity contribution in [1.82, 2.24) is 9.88 Å². The van der Waals surface area contributed by atoms with Crippen molar-refractivity contribution in [3.05, 3.63) is 101 Å². The summed E-state index contributed by atoms with van der Waals surface area (Å²) in [5, 5.41) is 0. The summed E-state index contributed by atoms with van der Waals surface area (Å²) in [6, 6.07) is 20.9. The third-order valence-electron chi connectivity index (χ3n) is 5.49. The Morgan fingerprint density at radius 2 is 1.75 bits per heavy atom. The molecule has 7 nitrogen and oxygen atoms in total. The van der Waals surface area contributed by atoms with Gasteiger partial charge >= 0.3 is 6.09 Å². The molecule has 0 aliphatic heterocycles. The molecular weight excluding hydrogens is 463 g/mol. The van der Waals surface area contributed by atoms with Gasteiger partial charge in [0.05, 0.1) is 6.54 Å². The molecular formula is C28H25FN2O5. The molecule has 4 rings (SSSR count). The van der Waals surface area contributed by atoms with E-state index in [-0.39, 0.29) is 25.4 Å². The van der Waals surface area contributed by atoms with Crippen molar-refractivity contribution in [3.8, 4) is 23.0 Å². The average molecular weight is 489 g/mol. The van der Waals surface area contributed by atoms with E-state index < -0.39 is 11.9 Å². The second-order valence-corrected chi connectivity index (χ2v) is 8.15. The molecule has 0 saturated heterocycles. The zero-order chi connectivity index (χ0) is 25.5. The summed E-state index contributed by atoms with van der Waals surface area (Å²) in [5.74, 6) is 1.43. The average Bonchev–Trinajstić information content (AvgIpc) is 3.26. The molecule has 0 aliphatic carbocycles. The molecule has 4 aromatic rings. The Kier molecular flexibility index (Phi) is 7.75. The molecule has 0 saturated carbocycles. The number of benzene rings is 3. The minimum absolute atomic E-state index is 0.0707. The molecule has 0 fully saturated rings. The largest absolute Gasteiger partial charge is 0.487 e. The van der Waals surface area contributed by atoms with Crippen LogP contribution in [0.15, 0.2) is 77.2 Å². The number of carbonyl (C=O) groups excluding carboxylic acids is 2. The highest BCUT2D eigenvalue weighted by atomic mass is 19.1. The van der Waals surface area contributed by atoms with Gasteiger partial charge in [-0.25, -0.2) is 14.2 Å². The summed E-state index contributed by atoms with van der Waals surface area (Å²) < 4.78 is 30.6. The van der Waals surface area contributed by atoms with Crippen LogP contribution in [0.4, 0.5) is 9.18 Å². The van der Waals surface area contributed by atoms with Crippen molar-refractivity contribution in [3.63, 3.8) is 0 Å². The maximum Gasteiger partial charge on any atom is 0.415 e. The van der Waals surface area contributed by atoms with Crippen LogP contribution in [-0.2, 0) is 17.9 Å². The Balaban J connectivity index is 1.36. The van der Waals surface area contributed by atoms with Crippen molar-refractivity contribution >= 4 is 12.4 Å². The smallest absolute Gasteiger partial charge is 0.415 e.